The van der Waals surface area contributed by atoms with Crippen LogP contribution in [0.15, 0.2) is 0 Å². The van der Waals surface area contributed by atoms with E-state index in [1.807, 2.05) is 6.92 Å². The number of unbranched alkanes of at least 4 members (excludes halogenated alkanes) is 1. The molecule has 6 nitrogen and oxygen atoms in total. The van der Waals surface area contributed by atoms with Gasteiger partial charge in [0, 0.05) is 13.5 Å². The van der Waals surface area contributed by atoms with Gasteiger partial charge in [-0.2, -0.15) is 0 Å². The normalized spacial score (nSPS) is 10.2. The van der Waals surface area contributed by atoms with Crippen molar-refractivity contribution >= 4 is 34.1 Å². The Balaban J connectivity index is 3.14. The first-order chi connectivity index (χ1) is 10.5. The van der Waals surface area contributed by atoms with Crippen LogP contribution in [0.5, 0.6) is 0 Å². The SMILES string of the molecule is CCCCC(=O)Nc1sc(C(=O)NC)c(C)c1C(=O)OCC. The minimum Gasteiger partial charge on any atom is -0.462 e. The highest BCUT2D eigenvalue weighted by Gasteiger charge is 2.26. The van der Waals surface area contributed by atoms with Crippen LogP contribution in [0.2, 0.25) is 0 Å². The van der Waals surface area contributed by atoms with Gasteiger partial charge in [0.25, 0.3) is 5.91 Å². The molecule has 7 heteroatoms. The summed E-state index contributed by atoms with van der Waals surface area (Å²) in [6.07, 6.45) is 2.06. The molecule has 0 aliphatic rings. The molecule has 1 aromatic heterocycles. The standard InChI is InChI=1S/C15H22N2O4S/c1-5-7-8-10(18)17-14-11(15(20)21-6-2)9(3)12(22-14)13(19)16-4/h5-8H2,1-4H3,(H,16,19)(H,17,18). The second-order valence-electron chi connectivity index (χ2n) is 4.71. The lowest BCUT2D eigenvalue weighted by molar-refractivity contribution is -0.116. The van der Waals surface area contributed by atoms with Crippen LogP contribution in [-0.2, 0) is 9.53 Å². The number of esters is 1. The number of hydrogen-bond acceptors (Lipinski definition) is 5. The lowest BCUT2D eigenvalue weighted by Gasteiger charge is -2.06. The first kappa shape index (κ1) is 18.2. The first-order valence-corrected chi connectivity index (χ1v) is 8.10. The van der Waals surface area contributed by atoms with Crippen molar-refractivity contribution in [1.29, 1.82) is 0 Å². The minimum absolute atomic E-state index is 0.169. The summed E-state index contributed by atoms with van der Waals surface area (Å²) in [5.41, 5.74) is 0.781. The summed E-state index contributed by atoms with van der Waals surface area (Å²) in [5.74, 6) is -0.989. The predicted octanol–water partition coefficient (Wildman–Crippen LogP) is 2.72. The molecule has 1 aromatic rings. The zero-order valence-electron chi connectivity index (χ0n) is 13.4. The number of nitrogens with one attached hydrogen (secondary N) is 2. The van der Waals surface area contributed by atoms with Gasteiger partial charge < -0.3 is 15.4 Å². The van der Waals surface area contributed by atoms with Crippen molar-refractivity contribution in [1.82, 2.24) is 5.32 Å². The lowest BCUT2D eigenvalue weighted by atomic mass is 10.1. The fourth-order valence-corrected chi connectivity index (χ4v) is 3.06. The van der Waals surface area contributed by atoms with Crippen molar-refractivity contribution < 1.29 is 19.1 Å². The largest absolute Gasteiger partial charge is 0.462 e. The highest BCUT2D eigenvalue weighted by molar-refractivity contribution is 7.18. The van der Waals surface area contributed by atoms with E-state index in [1.165, 1.54) is 7.05 Å². The molecular formula is C15H22N2O4S. The molecule has 0 fully saturated rings. The Morgan fingerprint density at radius 1 is 1.23 bits per heavy atom. The third-order valence-electron chi connectivity index (χ3n) is 3.07. The summed E-state index contributed by atoms with van der Waals surface area (Å²) in [7, 11) is 1.52. The van der Waals surface area contributed by atoms with Gasteiger partial charge >= 0.3 is 5.97 Å². The van der Waals surface area contributed by atoms with E-state index < -0.39 is 5.97 Å². The molecule has 0 aromatic carbocycles. The molecule has 0 aliphatic heterocycles. The van der Waals surface area contributed by atoms with Crippen LogP contribution >= 0.6 is 11.3 Å². The second kappa shape index (κ2) is 8.53. The van der Waals surface area contributed by atoms with E-state index in [-0.39, 0.29) is 24.0 Å². The highest BCUT2D eigenvalue weighted by atomic mass is 32.1. The number of carbonyl (C=O) groups excluding carboxylic acids is 3. The first-order valence-electron chi connectivity index (χ1n) is 7.28. The number of hydrogen-bond donors (Lipinski definition) is 2. The lowest BCUT2D eigenvalue weighted by Crippen LogP contribution is -2.18. The van der Waals surface area contributed by atoms with Crippen molar-refractivity contribution in [3.63, 3.8) is 0 Å². The Hall–Kier alpha value is -1.89. The maximum Gasteiger partial charge on any atom is 0.341 e. The van der Waals surface area contributed by atoms with E-state index in [9.17, 15) is 14.4 Å². The summed E-state index contributed by atoms with van der Waals surface area (Å²) in [5, 5.41) is 5.62. The van der Waals surface area contributed by atoms with E-state index in [4.69, 9.17) is 4.74 Å². The van der Waals surface area contributed by atoms with Crippen LogP contribution in [0, 0.1) is 6.92 Å². The van der Waals surface area contributed by atoms with Gasteiger partial charge in [0.05, 0.1) is 17.0 Å². The third kappa shape index (κ3) is 4.30. The molecule has 0 radical (unpaired) electrons. The monoisotopic (exact) mass is 326 g/mol. The number of amides is 2. The molecule has 2 amide bonds. The molecular weight excluding hydrogens is 304 g/mol. The van der Waals surface area contributed by atoms with Gasteiger partial charge in [-0.05, 0) is 25.8 Å². The van der Waals surface area contributed by atoms with E-state index in [2.05, 4.69) is 10.6 Å². The number of rotatable bonds is 7. The molecule has 0 unspecified atom stereocenters. The summed E-state index contributed by atoms with van der Waals surface area (Å²) in [6, 6.07) is 0. The fraction of sp³-hybridized carbons (Fsp3) is 0.533. The molecule has 1 rings (SSSR count). The van der Waals surface area contributed by atoms with Crippen molar-refractivity contribution in [2.24, 2.45) is 0 Å². The smallest absolute Gasteiger partial charge is 0.341 e. The van der Waals surface area contributed by atoms with Crippen molar-refractivity contribution in [3.05, 3.63) is 16.0 Å². The Morgan fingerprint density at radius 2 is 1.91 bits per heavy atom. The molecule has 0 saturated carbocycles. The van der Waals surface area contributed by atoms with Gasteiger partial charge in [0.15, 0.2) is 0 Å². The van der Waals surface area contributed by atoms with E-state index in [0.717, 1.165) is 24.2 Å². The number of thiophene rings is 1. The molecule has 0 atom stereocenters. The molecule has 0 spiro atoms. The van der Waals surface area contributed by atoms with Crippen LogP contribution < -0.4 is 10.6 Å². The predicted molar refractivity (Wildman–Crippen MR) is 86.6 cm³/mol. The molecule has 0 aliphatic carbocycles. The quantitative estimate of drug-likeness (QED) is 0.755. The molecule has 0 saturated heterocycles. The van der Waals surface area contributed by atoms with Gasteiger partial charge in [-0.3, -0.25) is 9.59 Å². The van der Waals surface area contributed by atoms with Crippen LogP contribution in [0.4, 0.5) is 5.00 Å². The van der Waals surface area contributed by atoms with Crippen LogP contribution in [0.3, 0.4) is 0 Å². The Kier molecular flexibility index (Phi) is 7.04. The second-order valence-corrected chi connectivity index (χ2v) is 5.73. The fourth-order valence-electron chi connectivity index (χ4n) is 1.91. The average molecular weight is 326 g/mol. The Morgan fingerprint density at radius 3 is 2.45 bits per heavy atom. The Bertz CT molecular complexity index is 566. The van der Waals surface area contributed by atoms with Gasteiger partial charge in [-0.1, -0.05) is 13.3 Å². The van der Waals surface area contributed by atoms with Gasteiger partial charge in [0.2, 0.25) is 5.91 Å². The summed E-state index contributed by atoms with van der Waals surface area (Å²) >= 11 is 1.09. The Labute approximate surface area is 134 Å². The van der Waals surface area contributed by atoms with Gasteiger partial charge in [-0.25, -0.2) is 4.79 Å². The molecule has 2 N–H and O–H groups in total. The number of anilines is 1. The molecule has 0 bridgehead atoms. The number of ether oxygens (including phenoxy) is 1. The topological polar surface area (TPSA) is 84.5 Å². The maximum absolute atomic E-state index is 12.1. The summed E-state index contributed by atoms with van der Waals surface area (Å²) in [4.78, 5) is 36.3. The van der Waals surface area contributed by atoms with Crippen LogP contribution in [0.1, 0.15) is 58.7 Å². The average Bonchev–Trinajstić information content (AvgIpc) is 2.81. The third-order valence-corrected chi connectivity index (χ3v) is 4.28. The maximum atomic E-state index is 12.1. The van der Waals surface area contributed by atoms with E-state index >= 15 is 0 Å². The summed E-state index contributed by atoms with van der Waals surface area (Å²) < 4.78 is 5.02. The molecule has 22 heavy (non-hydrogen) atoms. The minimum atomic E-state index is -0.530. The molecule has 1 heterocycles. The van der Waals surface area contributed by atoms with Crippen LogP contribution in [0.25, 0.3) is 0 Å². The number of carbonyl (C=O) groups is 3. The highest BCUT2D eigenvalue weighted by Crippen LogP contribution is 2.33. The molecule has 122 valence electrons. The van der Waals surface area contributed by atoms with Gasteiger partial charge in [0.1, 0.15) is 5.00 Å². The summed E-state index contributed by atoms with van der Waals surface area (Å²) in [6.45, 7) is 5.61. The van der Waals surface area contributed by atoms with Gasteiger partial charge in [-0.15, -0.1) is 11.3 Å². The van der Waals surface area contributed by atoms with E-state index in [0.29, 0.717) is 21.9 Å². The zero-order chi connectivity index (χ0) is 16.7. The van der Waals surface area contributed by atoms with Crippen molar-refractivity contribution in [2.75, 3.05) is 19.0 Å². The van der Waals surface area contributed by atoms with Crippen molar-refractivity contribution in [2.45, 2.75) is 40.0 Å². The van der Waals surface area contributed by atoms with Crippen molar-refractivity contribution in [3.8, 4) is 0 Å². The van der Waals surface area contributed by atoms with E-state index in [1.54, 1.807) is 13.8 Å². The zero-order valence-corrected chi connectivity index (χ0v) is 14.2. The van der Waals surface area contributed by atoms with Crippen LogP contribution in [-0.4, -0.2) is 31.4 Å².